The van der Waals surface area contributed by atoms with Crippen LogP contribution in [0.2, 0.25) is 15.1 Å². The fraction of sp³-hybridized carbons (Fsp3) is 0.333. The molecule has 1 aliphatic carbocycles. The van der Waals surface area contributed by atoms with Crippen LogP contribution in [0.3, 0.4) is 0 Å². The molecule has 2 aliphatic rings. The lowest BCUT2D eigenvalue weighted by Gasteiger charge is -2.43. The van der Waals surface area contributed by atoms with Crippen molar-refractivity contribution in [1.82, 2.24) is 4.90 Å². The molecule has 0 bridgehead atoms. The van der Waals surface area contributed by atoms with E-state index in [0.29, 0.717) is 46.0 Å². The molecule has 200 valence electrons. The lowest BCUT2D eigenvalue weighted by Crippen LogP contribution is -2.51. The average molecular weight is 590 g/mol. The molecule has 1 saturated heterocycles. The Bertz CT molecular complexity index is 1460. The third kappa shape index (κ3) is 5.72. The van der Waals surface area contributed by atoms with E-state index in [1.54, 1.807) is 6.07 Å². The fourth-order valence-electron chi connectivity index (χ4n) is 5.47. The lowest BCUT2D eigenvalue weighted by molar-refractivity contribution is 0.0720. The first-order chi connectivity index (χ1) is 18.0. The van der Waals surface area contributed by atoms with Crippen molar-refractivity contribution in [3.63, 3.8) is 0 Å². The first-order valence-corrected chi connectivity index (χ1v) is 15.8. The van der Waals surface area contributed by atoms with Gasteiger partial charge in [0, 0.05) is 46.2 Å². The van der Waals surface area contributed by atoms with Crippen LogP contribution in [0, 0.1) is 13.8 Å². The van der Waals surface area contributed by atoms with Gasteiger partial charge in [0.1, 0.15) is 0 Å². The van der Waals surface area contributed by atoms with E-state index in [1.165, 1.54) is 0 Å². The third-order valence-electron chi connectivity index (χ3n) is 7.49. The van der Waals surface area contributed by atoms with Crippen LogP contribution in [0.15, 0.2) is 54.6 Å². The lowest BCUT2D eigenvalue weighted by atomic mass is 9.96. The van der Waals surface area contributed by atoms with Crippen molar-refractivity contribution in [1.29, 1.82) is 0 Å². The van der Waals surface area contributed by atoms with Gasteiger partial charge in [0.25, 0.3) is 5.91 Å². The summed E-state index contributed by atoms with van der Waals surface area (Å²) in [5.74, 6) is 4.50. The predicted octanol–water partition coefficient (Wildman–Crippen LogP) is 7.35. The number of benzene rings is 3. The molecule has 0 aromatic heterocycles. The number of hydrogen-bond acceptors (Lipinski definition) is 3. The Kier molecular flexibility index (Phi) is 7.76. The van der Waals surface area contributed by atoms with Crippen LogP contribution in [-0.2, 0) is 15.3 Å². The van der Waals surface area contributed by atoms with E-state index in [0.717, 1.165) is 40.8 Å². The van der Waals surface area contributed by atoms with Crippen LogP contribution in [0.5, 0.6) is 0 Å². The van der Waals surface area contributed by atoms with Gasteiger partial charge in [-0.2, -0.15) is 0 Å². The Morgan fingerprint density at radius 3 is 2.18 bits per heavy atom. The highest BCUT2D eigenvalue weighted by Gasteiger charge is 2.34. The number of rotatable bonds is 6. The number of hydrogen-bond donors (Lipinski definition) is 0. The van der Waals surface area contributed by atoms with Gasteiger partial charge in [0.2, 0.25) is 0 Å². The molecule has 5 rings (SSSR count). The summed E-state index contributed by atoms with van der Waals surface area (Å²) in [5, 5.41) is 2.05. The van der Waals surface area contributed by atoms with Gasteiger partial charge in [0.15, 0.2) is 0 Å². The van der Waals surface area contributed by atoms with Crippen LogP contribution in [-0.4, -0.2) is 45.8 Å². The standard InChI is InChI=1S/C30H31Cl3N2O2S/c1-19-14-21(18-38(3,37)25-9-10-25)15-20(2)29(19)30(36)34-12-13-35(27-11-8-24(32)16-26(27)33)28(17-34)22-4-6-23(31)7-5-22/h4-8,11,14-16,25,28H,3,9-10,12-13,17-18H2,1-2H3/t28-,38?/m0/s1. The zero-order chi connectivity index (χ0) is 27.2. The Balaban J connectivity index is 1.43. The summed E-state index contributed by atoms with van der Waals surface area (Å²) in [6.45, 7) is 5.59. The van der Waals surface area contributed by atoms with Crippen LogP contribution in [0.4, 0.5) is 5.69 Å². The summed E-state index contributed by atoms with van der Waals surface area (Å²) < 4.78 is 13.0. The molecular formula is C30H31Cl3N2O2S. The quantitative estimate of drug-likeness (QED) is 0.282. The Morgan fingerprint density at radius 2 is 1.58 bits per heavy atom. The maximum absolute atomic E-state index is 13.9. The number of carbonyl (C=O) groups excluding carboxylic acids is 1. The molecule has 0 N–H and O–H groups in total. The van der Waals surface area contributed by atoms with Crippen LogP contribution in [0.1, 0.15) is 51.5 Å². The van der Waals surface area contributed by atoms with Gasteiger partial charge >= 0.3 is 0 Å². The molecule has 3 aromatic carbocycles. The molecular weight excluding hydrogens is 559 g/mol. The third-order valence-corrected chi connectivity index (χ3v) is 10.8. The SMILES string of the molecule is C=S(=O)(Cc1cc(C)c(C(=O)N2CCN(c3ccc(Cl)cc3Cl)[C@H](c3ccc(Cl)cc3)C2)c(C)c1)C1CC1. The van der Waals surface area contributed by atoms with Crippen LogP contribution >= 0.6 is 34.8 Å². The van der Waals surface area contributed by atoms with E-state index in [9.17, 15) is 9.00 Å². The van der Waals surface area contributed by atoms with Crippen molar-refractivity contribution in [3.8, 4) is 0 Å². The van der Waals surface area contributed by atoms with Gasteiger partial charge in [-0.1, -0.05) is 59.1 Å². The normalized spacial score (nSPS) is 19.3. The smallest absolute Gasteiger partial charge is 0.254 e. The van der Waals surface area contributed by atoms with Crippen molar-refractivity contribution < 1.29 is 9.00 Å². The fourth-order valence-corrected chi connectivity index (χ4v) is 8.07. The molecule has 8 heteroatoms. The van der Waals surface area contributed by atoms with E-state index in [4.69, 9.17) is 34.8 Å². The largest absolute Gasteiger partial charge is 0.360 e. The van der Waals surface area contributed by atoms with Crippen molar-refractivity contribution in [3.05, 3.63) is 97.5 Å². The van der Waals surface area contributed by atoms with Gasteiger partial charge in [0.05, 0.1) is 16.8 Å². The number of anilines is 1. The number of aryl methyl sites for hydroxylation is 2. The first-order valence-electron chi connectivity index (χ1n) is 12.7. The zero-order valence-electron chi connectivity index (χ0n) is 21.6. The van der Waals surface area contributed by atoms with Crippen molar-refractivity contribution in [2.45, 2.75) is 43.7 Å². The highest BCUT2D eigenvalue weighted by molar-refractivity contribution is 8.00. The summed E-state index contributed by atoms with van der Waals surface area (Å²) in [7, 11) is -2.14. The maximum atomic E-state index is 13.9. The monoisotopic (exact) mass is 588 g/mol. The predicted molar refractivity (Wildman–Crippen MR) is 162 cm³/mol. The Hall–Kier alpha value is -2.18. The van der Waals surface area contributed by atoms with Gasteiger partial charge in [-0.25, -0.2) is 0 Å². The summed E-state index contributed by atoms with van der Waals surface area (Å²) in [4.78, 5) is 18.1. The first kappa shape index (κ1) is 27.4. The summed E-state index contributed by atoms with van der Waals surface area (Å²) >= 11 is 19.0. The molecule has 2 fully saturated rings. The van der Waals surface area contributed by atoms with Gasteiger partial charge < -0.3 is 9.80 Å². The molecule has 2 atom stereocenters. The highest BCUT2D eigenvalue weighted by Crippen LogP contribution is 2.37. The summed E-state index contributed by atoms with van der Waals surface area (Å²) in [6.07, 6.45) is 2.00. The molecule has 1 amide bonds. The van der Waals surface area contributed by atoms with Gasteiger partial charge in [-0.3, -0.25) is 9.00 Å². The molecule has 4 nitrogen and oxygen atoms in total. The minimum atomic E-state index is -2.14. The average Bonchev–Trinajstić information content (AvgIpc) is 3.70. The van der Waals surface area contributed by atoms with Gasteiger partial charge in [-0.15, -0.1) is 0 Å². The second-order valence-corrected chi connectivity index (χ2v) is 14.4. The molecule has 1 saturated carbocycles. The number of amides is 1. The second-order valence-electron chi connectivity index (χ2n) is 10.4. The van der Waals surface area contributed by atoms with Gasteiger partial charge in [-0.05, 0) is 94.7 Å². The van der Waals surface area contributed by atoms with E-state index >= 15 is 0 Å². The summed E-state index contributed by atoms with van der Waals surface area (Å²) in [6, 6.07) is 17.2. The minimum Gasteiger partial charge on any atom is -0.360 e. The van der Waals surface area contributed by atoms with Crippen molar-refractivity contribution >= 4 is 61.8 Å². The molecule has 3 aromatic rings. The van der Waals surface area contributed by atoms with E-state index < -0.39 is 9.52 Å². The molecule has 1 unspecified atom stereocenters. The minimum absolute atomic E-state index is 0.00455. The number of piperazine rings is 1. The van der Waals surface area contributed by atoms with Crippen LogP contribution in [0.25, 0.3) is 0 Å². The zero-order valence-corrected chi connectivity index (χ0v) is 24.6. The maximum Gasteiger partial charge on any atom is 0.254 e. The molecule has 38 heavy (non-hydrogen) atoms. The Morgan fingerprint density at radius 1 is 0.947 bits per heavy atom. The molecule has 1 heterocycles. The summed E-state index contributed by atoms with van der Waals surface area (Å²) in [5.41, 5.74) is 5.44. The number of halogens is 3. The van der Waals surface area contributed by atoms with Crippen LogP contribution < -0.4 is 4.90 Å². The number of carbonyl (C=O) groups is 1. The van der Waals surface area contributed by atoms with Crippen molar-refractivity contribution in [2.24, 2.45) is 0 Å². The van der Waals surface area contributed by atoms with E-state index in [1.807, 2.05) is 67.3 Å². The molecule has 0 spiro atoms. The number of nitrogens with zero attached hydrogens (tertiary/aromatic N) is 2. The molecule has 0 radical (unpaired) electrons. The Labute approximate surface area is 240 Å². The highest BCUT2D eigenvalue weighted by atomic mass is 35.5. The van der Waals surface area contributed by atoms with E-state index in [-0.39, 0.29) is 17.2 Å². The molecule has 1 aliphatic heterocycles. The van der Waals surface area contributed by atoms with Crippen molar-refractivity contribution in [2.75, 3.05) is 24.5 Å². The second kappa shape index (κ2) is 10.8. The van der Waals surface area contributed by atoms with E-state index in [2.05, 4.69) is 10.8 Å². The topological polar surface area (TPSA) is 40.6 Å².